The molecule has 0 saturated carbocycles. The molecule has 1 aromatic heterocycles. The van der Waals surface area contributed by atoms with Crippen LogP contribution in [0.4, 0.5) is 0 Å². The fourth-order valence-corrected chi connectivity index (χ4v) is 4.20. The second-order valence-corrected chi connectivity index (χ2v) is 7.95. The fraction of sp³-hybridized carbons (Fsp3) is 0.562. The first kappa shape index (κ1) is 15.8. The number of aromatic nitrogens is 1. The maximum atomic E-state index is 4.74. The number of nitrogens with zero attached hydrogens (tertiary/aromatic N) is 2. The molecule has 4 heteroatoms. The van der Waals surface area contributed by atoms with E-state index in [1.807, 2.05) is 11.9 Å². The lowest BCUT2D eigenvalue weighted by Crippen LogP contribution is -2.27. The average Bonchev–Trinajstić information content (AvgIpc) is 2.84. The van der Waals surface area contributed by atoms with E-state index in [-0.39, 0.29) is 0 Å². The third-order valence-electron chi connectivity index (χ3n) is 3.48. The molecule has 0 aliphatic heterocycles. The Labute approximate surface area is 130 Å². The highest BCUT2D eigenvalue weighted by molar-refractivity contribution is 7.98. The minimum Gasteiger partial charge on any atom is -0.242 e. The highest BCUT2D eigenvalue weighted by Crippen LogP contribution is 2.33. The van der Waals surface area contributed by atoms with E-state index in [0.29, 0.717) is 6.04 Å². The Kier molecular flexibility index (Phi) is 5.87. The Balaban J connectivity index is 2.09. The van der Waals surface area contributed by atoms with E-state index in [2.05, 4.69) is 56.3 Å². The van der Waals surface area contributed by atoms with Crippen molar-refractivity contribution in [3.8, 4) is 0 Å². The van der Waals surface area contributed by atoms with Gasteiger partial charge < -0.3 is 0 Å². The molecule has 0 spiro atoms. The molecule has 2 aromatic rings. The monoisotopic (exact) mass is 308 g/mol. The Morgan fingerprint density at radius 3 is 2.65 bits per heavy atom. The Bertz CT molecular complexity index is 503. The van der Waals surface area contributed by atoms with E-state index in [1.165, 1.54) is 17.5 Å². The minimum atomic E-state index is 0.589. The summed E-state index contributed by atoms with van der Waals surface area (Å²) >= 11 is 3.63. The van der Waals surface area contributed by atoms with E-state index in [9.17, 15) is 0 Å². The maximum absolute atomic E-state index is 4.74. The lowest BCUT2D eigenvalue weighted by molar-refractivity contribution is 0.340. The minimum absolute atomic E-state index is 0.589. The zero-order valence-corrected chi connectivity index (χ0v) is 14.4. The van der Waals surface area contributed by atoms with Crippen LogP contribution in [0.15, 0.2) is 28.6 Å². The maximum Gasteiger partial charge on any atom is 0.166 e. The zero-order chi connectivity index (χ0) is 14.5. The molecule has 20 heavy (non-hydrogen) atoms. The van der Waals surface area contributed by atoms with Gasteiger partial charge in [-0.1, -0.05) is 32.9 Å². The van der Waals surface area contributed by atoms with Gasteiger partial charge in [-0.05, 0) is 49.8 Å². The summed E-state index contributed by atoms with van der Waals surface area (Å²) in [6, 6.07) is 8.98. The van der Waals surface area contributed by atoms with Crippen molar-refractivity contribution in [3.05, 3.63) is 24.3 Å². The summed E-state index contributed by atoms with van der Waals surface area (Å²) < 4.78 is 4.94. The first-order valence-corrected chi connectivity index (χ1v) is 8.99. The van der Waals surface area contributed by atoms with Crippen LogP contribution >= 0.6 is 23.3 Å². The molecule has 1 heterocycles. The molecule has 0 fully saturated rings. The summed E-state index contributed by atoms with van der Waals surface area (Å²) in [5.41, 5.74) is 1.12. The largest absolute Gasteiger partial charge is 0.242 e. The van der Waals surface area contributed by atoms with Crippen molar-refractivity contribution in [1.29, 1.82) is 0 Å². The lowest BCUT2D eigenvalue weighted by Gasteiger charge is -2.26. The van der Waals surface area contributed by atoms with Gasteiger partial charge in [-0.2, -0.15) is 0 Å². The van der Waals surface area contributed by atoms with Crippen LogP contribution in [0.3, 0.4) is 0 Å². The molecule has 2 rings (SSSR count). The Morgan fingerprint density at radius 2 is 2.00 bits per heavy atom. The normalized spacial score (nSPS) is 13.5. The van der Waals surface area contributed by atoms with Crippen LogP contribution in [-0.2, 0) is 0 Å². The third kappa shape index (κ3) is 4.21. The van der Waals surface area contributed by atoms with Crippen LogP contribution in [0.25, 0.3) is 10.2 Å². The van der Waals surface area contributed by atoms with E-state index < -0.39 is 0 Å². The molecule has 0 amide bonds. The van der Waals surface area contributed by atoms with Crippen LogP contribution in [0, 0.1) is 5.92 Å². The predicted molar refractivity (Wildman–Crippen MR) is 91.4 cm³/mol. The molecular formula is C16H24N2S2. The van der Waals surface area contributed by atoms with Gasteiger partial charge in [0, 0.05) is 12.6 Å². The second kappa shape index (κ2) is 7.43. The molecule has 0 bridgehead atoms. The summed E-state index contributed by atoms with van der Waals surface area (Å²) in [6.07, 6.45) is 2.41. The van der Waals surface area contributed by atoms with Crippen LogP contribution in [0.1, 0.15) is 40.5 Å². The van der Waals surface area contributed by atoms with E-state index in [1.54, 1.807) is 11.3 Å². The third-order valence-corrected chi connectivity index (χ3v) is 5.81. The first-order chi connectivity index (χ1) is 9.60. The Morgan fingerprint density at radius 1 is 1.25 bits per heavy atom. The second-order valence-electron chi connectivity index (χ2n) is 5.62. The van der Waals surface area contributed by atoms with Crippen molar-refractivity contribution in [2.75, 3.05) is 6.54 Å². The van der Waals surface area contributed by atoms with E-state index >= 15 is 0 Å². The molecule has 1 atom stereocenters. The van der Waals surface area contributed by atoms with Gasteiger partial charge >= 0.3 is 0 Å². The van der Waals surface area contributed by atoms with Gasteiger partial charge in [0.15, 0.2) is 4.34 Å². The Hall–Kier alpha value is -0.580. The number of hydrogen-bond acceptors (Lipinski definition) is 4. The van der Waals surface area contributed by atoms with Gasteiger partial charge in [0.1, 0.15) is 0 Å². The molecule has 110 valence electrons. The number of para-hydroxylation sites is 1. The number of fused-ring (bicyclic) bond motifs is 1. The van der Waals surface area contributed by atoms with Crippen molar-refractivity contribution in [3.63, 3.8) is 0 Å². The van der Waals surface area contributed by atoms with Gasteiger partial charge in [0.2, 0.25) is 0 Å². The van der Waals surface area contributed by atoms with Crippen molar-refractivity contribution >= 4 is 33.5 Å². The molecule has 0 N–H and O–H groups in total. The zero-order valence-electron chi connectivity index (χ0n) is 12.8. The van der Waals surface area contributed by atoms with Gasteiger partial charge in [-0.3, -0.25) is 0 Å². The van der Waals surface area contributed by atoms with E-state index in [4.69, 9.17) is 4.98 Å². The van der Waals surface area contributed by atoms with Crippen LogP contribution < -0.4 is 0 Å². The van der Waals surface area contributed by atoms with Crippen molar-refractivity contribution < 1.29 is 0 Å². The first-order valence-electron chi connectivity index (χ1n) is 7.40. The summed E-state index contributed by atoms with van der Waals surface area (Å²) in [7, 11) is 0. The number of thiazole rings is 1. The summed E-state index contributed by atoms with van der Waals surface area (Å²) in [5, 5.41) is 0. The quantitative estimate of drug-likeness (QED) is 0.633. The summed E-state index contributed by atoms with van der Waals surface area (Å²) in [4.78, 5) is 4.74. The summed E-state index contributed by atoms with van der Waals surface area (Å²) in [5.74, 6) is 0.748. The van der Waals surface area contributed by atoms with Crippen molar-refractivity contribution in [1.82, 2.24) is 9.29 Å². The molecule has 2 nitrogen and oxygen atoms in total. The molecule has 1 aromatic carbocycles. The van der Waals surface area contributed by atoms with Crippen LogP contribution in [0.2, 0.25) is 0 Å². The highest BCUT2D eigenvalue weighted by atomic mass is 32.2. The SMILES string of the molecule is CCC(C)N(CCC(C)C)Sc1nc2ccccc2s1. The molecule has 0 aliphatic carbocycles. The van der Waals surface area contributed by atoms with E-state index in [0.717, 1.165) is 22.3 Å². The molecule has 1 unspecified atom stereocenters. The highest BCUT2D eigenvalue weighted by Gasteiger charge is 2.16. The lowest BCUT2D eigenvalue weighted by atomic mass is 10.1. The summed E-state index contributed by atoms with van der Waals surface area (Å²) in [6.45, 7) is 10.3. The van der Waals surface area contributed by atoms with Gasteiger partial charge in [-0.15, -0.1) is 11.3 Å². The molecule has 0 saturated heterocycles. The van der Waals surface area contributed by atoms with Crippen molar-refractivity contribution in [2.45, 2.75) is 50.9 Å². The van der Waals surface area contributed by atoms with Gasteiger partial charge in [0.05, 0.1) is 10.2 Å². The van der Waals surface area contributed by atoms with Crippen LogP contribution in [-0.4, -0.2) is 21.9 Å². The topological polar surface area (TPSA) is 16.1 Å². The average molecular weight is 309 g/mol. The van der Waals surface area contributed by atoms with Crippen LogP contribution in [0.5, 0.6) is 0 Å². The fourth-order valence-electron chi connectivity index (χ4n) is 1.94. The molecule has 0 radical (unpaired) electrons. The molecule has 0 aliphatic rings. The number of benzene rings is 1. The van der Waals surface area contributed by atoms with Gasteiger partial charge in [-0.25, -0.2) is 9.29 Å². The predicted octanol–water partition coefficient (Wildman–Crippen LogP) is 5.45. The van der Waals surface area contributed by atoms with Crippen molar-refractivity contribution in [2.24, 2.45) is 5.92 Å². The van der Waals surface area contributed by atoms with Gasteiger partial charge in [0.25, 0.3) is 0 Å². The molecular weight excluding hydrogens is 284 g/mol. The smallest absolute Gasteiger partial charge is 0.166 e. The standard InChI is InChI=1S/C16H24N2S2/c1-5-13(4)18(11-10-12(2)3)20-16-17-14-8-6-7-9-15(14)19-16/h6-9,12-13H,5,10-11H2,1-4H3. The number of hydrogen-bond donors (Lipinski definition) is 0. The number of rotatable bonds is 7.